The van der Waals surface area contributed by atoms with Crippen LogP contribution in [0.1, 0.15) is 0 Å². The number of pyridine rings is 1. The highest BCUT2D eigenvalue weighted by Gasteiger charge is 1.95. The maximum absolute atomic E-state index is 10.8. The fourth-order valence-electron chi connectivity index (χ4n) is 1.18. The molecule has 56 valence electrons. The van der Waals surface area contributed by atoms with Gasteiger partial charge >= 0.3 is 0 Å². The highest BCUT2D eigenvalue weighted by Crippen LogP contribution is 2.07. The van der Waals surface area contributed by atoms with E-state index in [0.29, 0.717) is 0 Å². The molecule has 0 spiro atoms. The third-order valence-electron chi connectivity index (χ3n) is 1.77. The smallest absolute Gasteiger partial charge is 0.248 e. The average Bonchev–Trinajstić information content (AvgIpc) is 2.32. The molecule has 2 aromatic rings. The van der Waals surface area contributed by atoms with E-state index in [1.807, 2.05) is 29.9 Å². The van der Waals surface area contributed by atoms with Crippen molar-refractivity contribution in [1.29, 1.82) is 0 Å². The number of nitrogens with one attached hydrogen (secondary N) is 1. The van der Waals surface area contributed by atoms with Crippen molar-refractivity contribution in [2.75, 3.05) is 0 Å². The van der Waals surface area contributed by atoms with E-state index in [9.17, 15) is 4.79 Å². The molecule has 2 heterocycles. The Morgan fingerprint density at radius 2 is 2.18 bits per heavy atom. The van der Waals surface area contributed by atoms with Gasteiger partial charge in [0.2, 0.25) is 5.56 Å². The first-order chi connectivity index (χ1) is 5.27. The molecule has 0 amide bonds. The summed E-state index contributed by atoms with van der Waals surface area (Å²) in [6, 6.07) is 5.23. The second-order valence-electron chi connectivity index (χ2n) is 2.55. The van der Waals surface area contributed by atoms with E-state index in [1.165, 1.54) is 6.07 Å². The molecule has 0 saturated heterocycles. The third kappa shape index (κ3) is 0.852. The second-order valence-corrected chi connectivity index (χ2v) is 2.55. The number of fused-ring (bicyclic) bond motifs is 1. The third-order valence-corrected chi connectivity index (χ3v) is 1.77. The van der Waals surface area contributed by atoms with Gasteiger partial charge in [-0.05, 0) is 12.1 Å². The minimum atomic E-state index is -0.0521. The Morgan fingerprint density at radius 3 is 3.00 bits per heavy atom. The van der Waals surface area contributed by atoms with Crippen LogP contribution in [0.3, 0.4) is 0 Å². The van der Waals surface area contributed by atoms with Gasteiger partial charge in [0.15, 0.2) is 0 Å². The second kappa shape index (κ2) is 1.99. The van der Waals surface area contributed by atoms with E-state index in [-0.39, 0.29) is 5.56 Å². The Labute approximate surface area is 63.3 Å². The molecule has 0 unspecified atom stereocenters. The number of H-pyrrole nitrogens is 1. The molecule has 0 fully saturated rings. The van der Waals surface area contributed by atoms with Crippen molar-refractivity contribution < 1.29 is 0 Å². The van der Waals surface area contributed by atoms with Crippen LogP contribution in [0.25, 0.3) is 11.0 Å². The molecule has 0 atom stereocenters. The summed E-state index contributed by atoms with van der Waals surface area (Å²) < 4.78 is 1.96. The lowest BCUT2D eigenvalue weighted by Crippen LogP contribution is -2.01. The van der Waals surface area contributed by atoms with Gasteiger partial charge in [0.1, 0.15) is 0 Å². The highest BCUT2D eigenvalue weighted by atomic mass is 16.1. The monoisotopic (exact) mass is 148 g/mol. The summed E-state index contributed by atoms with van der Waals surface area (Å²) >= 11 is 0. The zero-order valence-corrected chi connectivity index (χ0v) is 6.16. The van der Waals surface area contributed by atoms with Gasteiger partial charge in [-0.1, -0.05) is 0 Å². The minimum Gasteiger partial charge on any atom is -0.349 e. The molecule has 0 aromatic carbocycles. The largest absolute Gasteiger partial charge is 0.349 e. The quantitative estimate of drug-likeness (QED) is 0.591. The molecule has 3 nitrogen and oxygen atoms in total. The number of aromatic amines is 1. The van der Waals surface area contributed by atoms with E-state index in [1.54, 1.807) is 0 Å². The molecule has 3 heteroatoms. The van der Waals surface area contributed by atoms with Crippen LogP contribution in [0, 0.1) is 0 Å². The number of hydrogen-bond donors (Lipinski definition) is 1. The Hall–Kier alpha value is -1.51. The lowest BCUT2D eigenvalue weighted by atomic mass is 10.4. The van der Waals surface area contributed by atoms with Gasteiger partial charge in [-0.15, -0.1) is 0 Å². The first kappa shape index (κ1) is 6.22. The number of nitrogens with zero attached hydrogens (tertiary/aromatic N) is 1. The molecule has 0 radical (unpaired) electrons. The average molecular weight is 148 g/mol. The maximum Gasteiger partial charge on any atom is 0.248 e. The Balaban J connectivity index is 2.96. The zero-order chi connectivity index (χ0) is 7.84. The molecule has 0 saturated carbocycles. The van der Waals surface area contributed by atoms with Crippen molar-refractivity contribution in [3.05, 3.63) is 34.7 Å². The fraction of sp³-hybridized carbons (Fsp3) is 0.125. The summed E-state index contributed by atoms with van der Waals surface area (Å²) in [5.41, 5.74) is 1.88. The van der Waals surface area contributed by atoms with Crippen LogP contribution in [-0.2, 0) is 7.05 Å². The van der Waals surface area contributed by atoms with E-state index in [0.717, 1.165) is 11.0 Å². The number of rotatable bonds is 0. The van der Waals surface area contributed by atoms with Gasteiger partial charge in [-0.3, -0.25) is 4.79 Å². The van der Waals surface area contributed by atoms with Gasteiger partial charge in [-0.25, -0.2) is 0 Å². The van der Waals surface area contributed by atoms with E-state index in [2.05, 4.69) is 4.98 Å². The molecule has 0 bridgehead atoms. The summed E-state index contributed by atoms with van der Waals surface area (Å²) in [7, 11) is 1.95. The van der Waals surface area contributed by atoms with Crippen LogP contribution in [0.15, 0.2) is 29.2 Å². The Kier molecular flexibility index (Phi) is 1.12. The van der Waals surface area contributed by atoms with Crippen molar-refractivity contribution in [1.82, 2.24) is 9.55 Å². The molecular formula is C8H8N2O. The standard InChI is InChI=1S/C8H8N2O/c1-10-5-4-6-7(10)2-3-8(11)9-6/h2-5H,1H3,(H,9,11). The van der Waals surface area contributed by atoms with Crippen LogP contribution in [0.2, 0.25) is 0 Å². The van der Waals surface area contributed by atoms with Crippen LogP contribution in [-0.4, -0.2) is 9.55 Å². The van der Waals surface area contributed by atoms with Crippen molar-refractivity contribution in [2.24, 2.45) is 7.05 Å². The van der Waals surface area contributed by atoms with E-state index < -0.39 is 0 Å². The predicted molar refractivity (Wildman–Crippen MR) is 43.5 cm³/mol. The van der Waals surface area contributed by atoms with Crippen molar-refractivity contribution in [2.45, 2.75) is 0 Å². The fourth-order valence-corrected chi connectivity index (χ4v) is 1.18. The number of aromatic nitrogens is 2. The van der Waals surface area contributed by atoms with Crippen LogP contribution in [0.4, 0.5) is 0 Å². The summed E-state index contributed by atoms with van der Waals surface area (Å²) in [5, 5.41) is 0. The summed E-state index contributed by atoms with van der Waals surface area (Å²) in [5.74, 6) is 0. The first-order valence-electron chi connectivity index (χ1n) is 3.42. The van der Waals surface area contributed by atoms with Crippen LogP contribution in [0.5, 0.6) is 0 Å². The normalized spacial score (nSPS) is 10.6. The Morgan fingerprint density at radius 1 is 1.36 bits per heavy atom. The van der Waals surface area contributed by atoms with E-state index >= 15 is 0 Å². The topological polar surface area (TPSA) is 37.8 Å². The molecule has 0 aliphatic heterocycles. The molecule has 0 aliphatic rings. The van der Waals surface area contributed by atoms with Crippen molar-refractivity contribution >= 4 is 11.0 Å². The lowest BCUT2D eigenvalue weighted by molar-refractivity contribution is 0.968. The highest BCUT2D eigenvalue weighted by molar-refractivity contribution is 5.74. The molecule has 2 aromatic heterocycles. The molecule has 2 rings (SSSR count). The maximum atomic E-state index is 10.8. The van der Waals surface area contributed by atoms with Crippen molar-refractivity contribution in [3.8, 4) is 0 Å². The van der Waals surface area contributed by atoms with Gasteiger partial charge in [0.25, 0.3) is 0 Å². The summed E-state index contributed by atoms with van der Waals surface area (Å²) in [6.07, 6.45) is 1.92. The van der Waals surface area contributed by atoms with Gasteiger partial charge in [0, 0.05) is 19.3 Å². The van der Waals surface area contributed by atoms with E-state index in [4.69, 9.17) is 0 Å². The molecule has 1 N–H and O–H groups in total. The molecular weight excluding hydrogens is 140 g/mol. The summed E-state index contributed by atoms with van der Waals surface area (Å²) in [6.45, 7) is 0. The minimum absolute atomic E-state index is 0.0521. The SMILES string of the molecule is Cn1ccc2[nH]c(=O)ccc21. The molecule has 11 heavy (non-hydrogen) atoms. The summed E-state index contributed by atoms with van der Waals surface area (Å²) in [4.78, 5) is 13.6. The number of aryl methyl sites for hydroxylation is 1. The van der Waals surface area contributed by atoms with Crippen molar-refractivity contribution in [3.63, 3.8) is 0 Å². The van der Waals surface area contributed by atoms with Gasteiger partial charge < -0.3 is 9.55 Å². The van der Waals surface area contributed by atoms with Gasteiger partial charge in [-0.2, -0.15) is 0 Å². The van der Waals surface area contributed by atoms with Crippen LogP contribution < -0.4 is 5.56 Å². The lowest BCUT2D eigenvalue weighted by Gasteiger charge is -1.92. The van der Waals surface area contributed by atoms with Crippen LogP contribution >= 0.6 is 0 Å². The number of hydrogen-bond acceptors (Lipinski definition) is 1. The zero-order valence-electron chi connectivity index (χ0n) is 6.16. The first-order valence-corrected chi connectivity index (χ1v) is 3.42. The Bertz CT molecular complexity index is 439. The predicted octanol–water partition coefficient (Wildman–Crippen LogP) is 0.867. The molecule has 0 aliphatic carbocycles. The van der Waals surface area contributed by atoms with Gasteiger partial charge in [0.05, 0.1) is 11.0 Å².